The topological polar surface area (TPSA) is 82.8 Å². The van der Waals surface area contributed by atoms with Crippen molar-refractivity contribution >= 4 is 10.2 Å². The van der Waals surface area contributed by atoms with Crippen LogP contribution in [0.1, 0.15) is 11.7 Å². The Labute approximate surface area is 113 Å². The highest BCUT2D eigenvalue weighted by Crippen LogP contribution is 2.11. The summed E-state index contributed by atoms with van der Waals surface area (Å²) in [7, 11) is -0.214. The van der Waals surface area contributed by atoms with Gasteiger partial charge in [-0.1, -0.05) is 5.16 Å². The molecule has 0 aromatic carbocycles. The van der Waals surface area contributed by atoms with Crippen molar-refractivity contribution in [1.29, 1.82) is 0 Å². The Morgan fingerprint density at radius 2 is 1.89 bits per heavy atom. The van der Waals surface area contributed by atoms with Crippen LogP contribution >= 0.6 is 0 Å². The van der Waals surface area contributed by atoms with E-state index in [-0.39, 0.29) is 0 Å². The molecule has 1 aromatic heterocycles. The van der Waals surface area contributed by atoms with E-state index in [0.717, 1.165) is 0 Å². The first-order chi connectivity index (χ1) is 8.89. The zero-order chi connectivity index (χ0) is 14.0. The van der Waals surface area contributed by atoms with Crippen LogP contribution in [-0.4, -0.2) is 72.3 Å². The molecular weight excluding hydrogens is 270 g/mol. The maximum atomic E-state index is 11.9. The molecule has 0 unspecified atom stereocenters. The molecule has 0 saturated carbocycles. The fourth-order valence-corrected chi connectivity index (χ4v) is 3.03. The second-order valence-electron chi connectivity index (χ2n) is 4.70. The van der Waals surface area contributed by atoms with Gasteiger partial charge in [-0.3, -0.25) is 4.90 Å². The van der Waals surface area contributed by atoms with Gasteiger partial charge in [0.1, 0.15) is 0 Å². The number of hydrogen-bond donors (Lipinski definition) is 0. The van der Waals surface area contributed by atoms with Crippen molar-refractivity contribution < 1.29 is 12.9 Å². The number of aromatic nitrogens is 2. The lowest BCUT2D eigenvalue weighted by molar-refractivity contribution is 0.160. The maximum Gasteiger partial charge on any atom is 0.281 e. The Hall–Kier alpha value is -1.03. The van der Waals surface area contributed by atoms with Gasteiger partial charge in [-0.05, 0) is 6.92 Å². The largest absolute Gasteiger partial charge is 0.338 e. The van der Waals surface area contributed by atoms with Crippen LogP contribution in [0.15, 0.2) is 4.52 Å². The molecule has 0 spiro atoms. The molecule has 0 aliphatic carbocycles. The van der Waals surface area contributed by atoms with Crippen LogP contribution in [0.3, 0.4) is 0 Å². The van der Waals surface area contributed by atoms with Crippen LogP contribution in [0.2, 0.25) is 0 Å². The van der Waals surface area contributed by atoms with E-state index >= 15 is 0 Å². The van der Waals surface area contributed by atoms with E-state index < -0.39 is 10.2 Å². The van der Waals surface area contributed by atoms with E-state index in [1.165, 1.54) is 8.61 Å². The van der Waals surface area contributed by atoms with Gasteiger partial charge in [-0.2, -0.15) is 22.0 Å². The quantitative estimate of drug-likeness (QED) is 0.729. The zero-order valence-electron chi connectivity index (χ0n) is 11.4. The van der Waals surface area contributed by atoms with Crippen LogP contribution in [0.4, 0.5) is 0 Å². The zero-order valence-corrected chi connectivity index (χ0v) is 12.2. The second kappa shape index (κ2) is 5.53. The molecule has 9 heteroatoms. The Balaban J connectivity index is 1.89. The minimum absolute atomic E-state index is 0.480. The number of piperazine rings is 1. The molecule has 1 fully saturated rings. The molecule has 1 saturated heterocycles. The molecule has 1 aliphatic heterocycles. The normalized spacial score (nSPS) is 19.2. The van der Waals surface area contributed by atoms with Crippen molar-refractivity contribution in [3.63, 3.8) is 0 Å². The molecule has 8 nitrogen and oxygen atoms in total. The predicted molar refractivity (Wildman–Crippen MR) is 68.5 cm³/mol. The smallest absolute Gasteiger partial charge is 0.281 e. The van der Waals surface area contributed by atoms with Gasteiger partial charge in [0.15, 0.2) is 5.82 Å². The van der Waals surface area contributed by atoms with Crippen LogP contribution in [0.5, 0.6) is 0 Å². The molecular formula is C10H19N5O3S. The fraction of sp³-hybridized carbons (Fsp3) is 0.800. The first-order valence-corrected chi connectivity index (χ1v) is 7.48. The van der Waals surface area contributed by atoms with Gasteiger partial charge in [0.05, 0.1) is 6.54 Å². The summed E-state index contributed by atoms with van der Waals surface area (Å²) < 4.78 is 31.7. The summed E-state index contributed by atoms with van der Waals surface area (Å²) in [5.74, 6) is 1.19. The Kier molecular flexibility index (Phi) is 4.19. The highest BCUT2D eigenvalue weighted by Gasteiger charge is 2.28. The van der Waals surface area contributed by atoms with Gasteiger partial charge in [0.25, 0.3) is 10.2 Å². The number of rotatable bonds is 4. The Morgan fingerprint density at radius 1 is 1.26 bits per heavy atom. The van der Waals surface area contributed by atoms with Crippen molar-refractivity contribution in [1.82, 2.24) is 23.7 Å². The van der Waals surface area contributed by atoms with E-state index in [1.807, 2.05) is 0 Å². The molecule has 0 radical (unpaired) electrons. The average Bonchev–Trinajstić information content (AvgIpc) is 2.75. The standard InChI is InChI=1S/C10H19N5O3S/c1-9-11-10(18-12-9)8-14-4-6-15(7-5-14)19(16,17)13(2)3/h4-8H2,1-3H3. The van der Waals surface area contributed by atoms with E-state index in [0.29, 0.717) is 44.4 Å². The lowest BCUT2D eigenvalue weighted by atomic mass is 10.3. The van der Waals surface area contributed by atoms with Crippen molar-refractivity contribution in [3.05, 3.63) is 11.7 Å². The third kappa shape index (κ3) is 3.30. The first kappa shape index (κ1) is 14.4. The van der Waals surface area contributed by atoms with E-state index in [2.05, 4.69) is 15.0 Å². The van der Waals surface area contributed by atoms with Gasteiger partial charge in [-0.25, -0.2) is 0 Å². The summed E-state index contributed by atoms with van der Waals surface area (Å²) in [6.45, 7) is 4.62. The summed E-state index contributed by atoms with van der Waals surface area (Å²) in [6, 6.07) is 0. The maximum absolute atomic E-state index is 11.9. The van der Waals surface area contributed by atoms with Gasteiger partial charge in [0.2, 0.25) is 5.89 Å². The molecule has 2 rings (SSSR count). The number of nitrogens with zero attached hydrogens (tertiary/aromatic N) is 5. The minimum atomic E-state index is -3.30. The van der Waals surface area contributed by atoms with E-state index in [4.69, 9.17) is 4.52 Å². The van der Waals surface area contributed by atoms with Gasteiger partial charge in [0, 0.05) is 40.3 Å². The van der Waals surface area contributed by atoms with Crippen LogP contribution in [-0.2, 0) is 16.8 Å². The predicted octanol–water partition coefficient (Wildman–Crippen LogP) is -0.698. The molecule has 0 N–H and O–H groups in total. The van der Waals surface area contributed by atoms with Gasteiger partial charge < -0.3 is 4.52 Å². The number of aryl methyl sites for hydroxylation is 1. The highest BCUT2D eigenvalue weighted by atomic mass is 32.2. The van der Waals surface area contributed by atoms with Gasteiger partial charge >= 0.3 is 0 Å². The molecule has 1 aliphatic rings. The fourth-order valence-electron chi connectivity index (χ4n) is 1.94. The monoisotopic (exact) mass is 289 g/mol. The first-order valence-electron chi connectivity index (χ1n) is 6.09. The van der Waals surface area contributed by atoms with Crippen molar-refractivity contribution in [2.45, 2.75) is 13.5 Å². The molecule has 0 atom stereocenters. The van der Waals surface area contributed by atoms with Crippen LogP contribution < -0.4 is 0 Å². The molecule has 1 aromatic rings. The second-order valence-corrected chi connectivity index (χ2v) is 6.84. The highest BCUT2D eigenvalue weighted by molar-refractivity contribution is 7.86. The van der Waals surface area contributed by atoms with E-state index in [1.54, 1.807) is 21.0 Å². The Morgan fingerprint density at radius 3 is 2.37 bits per heavy atom. The minimum Gasteiger partial charge on any atom is -0.338 e. The Bertz CT molecular complexity index is 519. The number of hydrogen-bond acceptors (Lipinski definition) is 6. The van der Waals surface area contributed by atoms with Crippen LogP contribution in [0, 0.1) is 6.92 Å². The third-order valence-electron chi connectivity index (χ3n) is 3.05. The summed E-state index contributed by atoms with van der Waals surface area (Å²) in [4.78, 5) is 6.25. The molecule has 108 valence electrons. The van der Waals surface area contributed by atoms with Crippen LogP contribution in [0.25, 0.3) is 0 Å². The summed E-state index contributed by atoms with van der Waals surface area (Å²) >= 11 is 0. The van der Waals surface area contributed by atoms with Crippen molar-refractivity contribution in [2.75, 3.05) is 40.3 Å². The lowest BCUT2D eigenvalue weighted by Gasteiger charge is -2.34. The van der Waals surface area contributed by atoms with Crippen molar-refractivity contribution in [3.8, 4) is 0 Å². The molecule has 2 heterocycles. The molecule has 0 bridgehead atoms. The summed E-state index contributed by atoms with van der Waals surface area (Å²) in [6.07, 6.45) is 0. The molecule has 0 amide bonds. The SMILES string of the molecule is Cc1noc(CN2CCN(S(=O)(=O)N(C)C)CC2)n1. The third-order valence-corrected chi connectivity index (χ3v) is 4.99. The summed E-state index contributed by atoms with van der Waals surface area (Å²) in [5, 5.41) is 3.73. The van der Waals surface area contributed by atoms with Crippen molar-refractivity contribution in [2.24, 2.45) is 0 Å². The molecule has 19 heavy (non-hydrogen) atoms. The van der Waals surface area contributed by atoms with E-state index in [9.17, 15) is 8.42 Å². The van der Waals surface area contributed by atoms with Gasteiger partial charge in [-0.15, -0.1) is 0 Å². The average molecular weight is 289 g/mol. The lowest BCUT2D eigenvalue weighted by Crippen LogP contribution is -2.51. The summed E-state index contributed by atoms with van der Waals surface area (Å²) in [5.41, 5.74) is 0.